The first kappa shape index (κ1) is 12.6. The molecule has 4 nitrogen and oxygen atoms in total. The van der Waals surface area contributed by atoms with Crippen LogP contribution in [0.4, 0.5) is 17.1 Å². The molecule has 19 heavy (non-hydrogen) atoms. The van der Waals surface area contributed by atoms with Gasteiger partial charge in [0.15, 0.2) is 0 Å². The molecule has 2 fully saturated rings. The Morgan fingerprint density at radius 2 is 1.63 bits per heavy atom. The van der Waals surface area contributed by atoms with Crippen LogP contribution < -0.4 is 20.9 Å². The molecular formula is C15H24N4. The zero-order valence-corrected chi connectivity index (χ0v) is 11.6. The van der Waals surface area contributed by atoms with E-state index in [2.05, 4.69) is 33.3 Å². The smallest absolute Gasteiger partial charge is 0.0620 e. The number of nitrogens with zero attached hydrogens (tertiary/aromatic N) is 2. The third kappa shape index (κ3) is 2.78. The van der Waals surface area contributed by atoms with Gasteiger partial charge in [-0.2, -0.15) is 0 Å². The number of nitrogen functional groups attached to an aromatic ring is 1. The minimum Gasteiger partial charge on any atom is -0.397 e. The van der Waals surface area contributed by atoms with E-state index in [9.17, 15) is 0 Å². The van der Waals surface area contributed by atoms with E-state index in [1.807, 2.05) is 0 Å². The van der Waals surface area contributed by atoms with Crippen LogP contribution in [-0.2, 0) is 0 Å². The van der Waals surface area contributed by atoms with Gasteiger partial charge in [0.25, 0.3) is 0 Å². The van der Waals surface area contributed by atoms with Gasteiger partial charge in [-0.05, 0) is 37.5 Å². The summed E-state index contributed by atoms with van der Waals surface area (Å²) >= 11 is 0. The molecule has 0 amide bonds. The number of hydrogen-bond acceptors (Lipinski definition) is 4. The zero-order chi connectivity index (χ0) is 13.1. The zero-order valence-electron chi connectivity index (χ0n) is 11.6. The highest BCUT2D eigenvalue weighted by Gasteiger charge is 2.16. The minimum absolute atomic E-state index is 0.917. The topological polar surface area (TPSA) is 44.5 Å². The lowest BCUT2D eigenvalue weighted by atomic mass is 10.1. The van der Waals surface area contributed by atoms with Gasteiger partial charge in [-0.25, -0.2) is 0 Å². The Bertz CT molecular complexity index is 420. The molecule has 2 heterocycles. The molecular weight excluding hydrogens is 236 g/mol. The number of hydrogen-bond donors (Lipinski definition) is 2. The molecule has 0 aliphatic carbocycles. The summed E-state index contributed by atoms with van der Waals surface area (Å²) in [5.74, 6) is 0. The van der Waals surface area contributed by atoms with E-state index in [0.717, 1.165) is 45.0 Å². The molecule has 0 saturated carbocycles. The van der Waals surface area contributed by atoms with Crippen molar-refractivity contribution in [1.29, 1.82) is 0 Å². The van der Waals surface area contributed by atoms with Crippen LogP contribution in [0.3, 0.4) is 0 Å². The second-order valence-corrected chi connectivity index (χ2v) is 5.53. The molecule has 0 radical (unpaired) electrons. The Hall–Kier alpha value is -1.42. The van der Waals surface area contributed by atoms with E-state index in [-0.39, 0.29) is 0 Å². The Morgan fingerprint density at radius 3 is 2.37 bits per heavy atom. The Labute approximate surface area is 115 Å². The van der Waals surface area contributed by atoms with Gasteiger partial charge in [0, 0.05) is 45.0 Å². The minimum atomic E-state index is 0.917. The first-order chi connectivity index (χ1) is 9.34. The van der Waals surface area contributed by atoms with Crippen LogP contribution in [0.2, 0.25) is 0 Å². The second-order valence-electron chi connectivity index (χ2n) is 5.53. The molecule has 0 atom stereocenters. The SMILES string of the molecule is Nc1ccc(N2CCNCC2)cc1N1CCCCC1. The van der Waals surface area contributed by atoms with Crippen molar-refractivity contribution in [2.24, 2.45) is 0 Å². The maximum absolute atomic E-state index is 6.18. The van der Waals surface area contributed by atoms with Crippen molar-refractivity contribution in [3.63, 3.8) is 0 Å². The highest BCUT2D eigenvalue weighted by atomic mass is 15.2. The van der Waals surface area contributed by atoms with Crippen molar-refractivity contribution in [1.82, 2.24) is 5.32 Å². The maximum atomic E-state index is 6.18. The van der Waals surface area contributed by atoms with Crippen molar-refractivity contribution in [3.8, 4) is 0 Å². The van der Waals surface area contributed by atoms with E-state index in [0.29, 0.717) is 0 Å². The fraction of sp³-hybridized carbons (Fsp3) is 0.600. The summed E-state index contributed by atoms with van der Waals surface area (Å²) in [6.07, 6.45) is 3.93. The summed E-state index contributed by atoms with van der Waals surface area (Å²) in [6, 6.07) is 6.52. The largest absolute Gasteiger partial charge is 0.397 e. The Balaban J connectivity index is 1.82. The van der Waals surface area contributed by atoms with E-state index in [1.165, 1.54) is 30.6 Å². The van der Waals surface area contributed by atoms with Gasteiger partial charge in [-0.3, -0.25) is 0 Å². The molecule has 104 valence electrons. The van der Waals surface area contributed by atoms with Crippen LogP contribution in [0.15, 0.2) is 18.2 Å². The number of piperidine rings is 1. The third-order valence-electron chi connectivity index (χ3n) is 4.19. The number of nitrogens with two attached hydrogens (primary N) is 1. The summed E-state index contributed by atoms with van der Waals surface area (Å²) in [5, 5.41) is 3.40. The molecule has 2 aliphatic heterocycles. The van der Waals surface area contributed by atoms with Crippen LogP contribution in [0, 0.1) is 0 Å². The van der Waals surface area contributed by atoms with Gasteiger partial charge in [0.2, 0.25) is 0 Å². The first-order valence-corrected chi connectivity index (χ1v) is 7.45. The molecule has 3 N–H and O–H groups in total. The highest BCUT2D eigenvalue weighted by molar-refractivity contribution is 5.73. The van der Waals surface area contributed by atoms with Gasteiger partial charge < -0.3 is 20.9 Å². The van der Waals surface area contributed by atoms with Crippen molar-refractivity contribution < 1.29 is 0 Å². The molecule has 0 spiro atoms. The van der Waals surface area contributed by atoms with Crippen molar-refractivity contribution in [2.45, 2.75) is 19.3 Å². The van der Waals surface area contributed by atoms with Gasteiger partial charge in [0.05, 0.1) is 11.4 Å². The third-order valence-corrected chi connectivity index (χ3v) is 4.19. The summed E-state index contributed by atoms with van der Waals surface area (Å²) in [7, 11) is 0. The second kappa shape index (κ2) is 5.70. The first-order valence-electron chi connectivity index (χ1n) is 7.45. The molecule has 2 saturated heterocycles. The van der Waals surface area contributed by atoms with Crippen molar-refractivity contribution >= 4 is 17.1 Å². The summed E-state index contributed by atoms with van der Waals surface area (Å²) in [5.41, 5.74) is 9.64. The van der Waals surface area contributed by atoms with Crippen molar-refractivity contribution in [3.05, 3.63) is 18.2 Å². The number of anilines is 3. The lowest BCUT2D eigenvalue weighted by molar-refractivity contribution is 0.577. The highest BCUT2D eigenvalue weighted by Crippen LogP contribution is 2.31. The monoisotopic (exact) mass is 260 g/mol. The maximum Gasteiger partial charge on any atom is 0.0620 e. The molecule has 1 aromatic rings. The molecule has 0 aromatic heterocycles. The van der Waals surface area contributed by atoms with Crippen LogP contribution in [0.25, 0.3) is 0 Å². The number of nitrogens with one attached hydrogen (secondary N) is 1. The number of piperazine rings is 1. The molecule has 1 aromatic carbocycles. The van der Waals surface area contributed by atoms with E-state index in [1.54, 1.807) is 0 Å². The van der Waals surface area contributed by atoms with Crippen molar-refractivity contribution in [2.75, 3.05) is 54.8 Å². The normalized spacial score (nSPS) is 20.6. The predicted molar refractivity (Wildman–Crippen MR) is 82.0 cm³/mol. The summed E-state index contributed by atoms with van der Waals surface area (Å²) < 4.78 is 0. The molecule has 0 bridgehead atoms. The van der Waals surface area contributed by atoms with Gasteiger partial charge in [-0.15, -0.1) is 0 Å². The van der Waals surface area contributed by atoms with Crippen LogP contribution in [0.1, 0.15) is 19.3 Å². The number of rotatable bonds is 2. The average Bonchev–Trinajstić information content (AvgIpc) is 2.49. The standard InChI is InChI=1S/C15H24N4/c16-14-5-4-13(18-10-6-17-7-11-18)12-15(14)19-8-2-1-3-9-19/h4-5,12,17H,1-3,6-11,16H2. The Morgan fingerprint density at radius 1 is 0.895 bits per heavy atom. The lowest BCUT2D eigenvalue weighted by Gasteiger charge is -2.33. The van der Waals surface area contributed by atoms with E-state index < -0.39 is 0 Å². The van der Waals surface area contributed by atoms with Gasteiger partial charge >= 0.3 is 0 Å². The van der Waals surface area contributed by atoms with Crippen LogP contribution in [-0.4, -0.2) is 39.3 Å². The van der Waals surface area contributed by atoms with Gasteiger partial charge in [0.1, 0.15) is 0 Å². The predicted octanol–water partition coefficient (Wildman–Crippen LogP) is 1.67. The number of benzene rings is 1. The Kier molecular flexibility index (Phi) is 3.78. The van der Waals surface area contributed by atoms with Crippen LogP contribution in [0.5, 0.6) is 0 Å². The molecule has 3 rings (SSSR count). The summed E-state index contributed by atoms with van der Waals surface area (Å²) in [6.45, 7) is 6.62. The molecule has 4 heteroatoms. The van der Waals surface area contributed by atoms with E-state index in [4.69, 9.17) is 5.73 Å². The molecule has 0 unspecified atom stereocenters. The molecule has 2 aliphatic rings. The quantitative estimate of drug-likeness (QED) is 0.794. The summed E-state index contributed by atoms with van der Waals surface area (Å²) in [4.78, 5) is 4.90. The lowest BCUT2D eigenvalue weighted by Crippen LogP contribution is -2.43. The van der Waals surface area contributed by atoms with Gasteiger partial charge in [-0.1, -0.05) is 0 Å². The van der Waals surface area contributed by atoms with Crippen LogP contribution >= 0.6 is 0 Å². The fourth-order valence-electron chi connectivity index (χ4n) is 3.06. The van der Waals surface area contributed by atoms with E-state index >= 15 is 0 Å². The average molecular weight is 260 g/mol. The fourth-order valence-corrected chi connectivity index (χ4v) is 3.06.